The van der Waals surface area contributed by atoms with Gasteiger partial charge in [0.05, 0.1) is 17.1 Å². The second-order valence-corrected chi connectivity index (χ2v) is 6.43. The van der Waals surface area contributed by atoms with Crippen molar-refractivity contribution in [3.8, 4) is 16.9 Å². The molecule has 1 saturated heterocycles. The Hall–Kier alpha value is -2.53. The molecule has 4 rings (SSSR count). The average Bonchev–Trinajstić information content (AvgIpc) is 3.23. The Bertz CT molecular complexity index is 830. The van der Waals surface area contributed by atoms with Gasteiger partial charge in [0.1, 0.15) is 5.37 Å². The Morgan fingerprint density at radius 2 is 1.74 bits per heavy atom. The fourth-order valence-electron chi connectivity index (χ4n) is 2.67. The summed E-state index contributed by atoms with van der Waals surface area (Å²) in [7, 11) is 0. The lowest BCUT2D eigenvalue weighted by Gasteiger charge is -2.09. The first-order valence-corrected chi connectivity index (χ1v) is 8.47. The van der Waals surface area contributed by atoms with Gasteiger partial charge in [0.2, 0.25) is 5.91 Å². The number of carbonyl (C=O) groups is 1. The Morgan fingerprint density at radius 3 is 2.39 bits per heavy atom. The summed E-state index contributed by atoms with van der Waals surface area (Å²) >= 11 is 1.61. The van der Waals surface area contributed by atoms with E-state index in [9.17, 15) is 4.79 Å². The topological polar surface area (TPSA) is 46.9 Å². The second-order valence-electron chi connectivity index (χ2n) is 5.34. The lowest BCUT2D eigenvalue weighted by molar-refractivity contribution is -0.118. The maximum absolute atomic E-state index is 11.6. The number of benzene rings is 2. The number of nitrogens with one attached hydrogen (secondary N) is 1. The van der Waals surface area contributed by atoms with Gasteiger partial charge in [-0.3, -0.25) is 4.79 Å². The van der Waals surface area contributed by atoms with Gasteiger partial charge in [-0.05, 0) is 12.1 Å². The highest BCUT2D eigenvalue weighted by atomic mass is 32.2. The Kier molecular flexibility index (Phi) is 3.63. The molecule has 1 atom stereocenters. The van der Waals surface area contributed by atoms with E-state index < -0.39 is 0 Å². The van der Waals surface area contributed by atoms with E-state index in [1.54, 1.807) is 11.8 Å². The van der Waals surface area contributed by atoms with E-state index in [0.717, 1.165) is 22.5 Å². The monoisotopic (exact) mass is 321 g/mol. The van der Waals surface area contributed by atoms with Crippen molar-refractivity contribution in [1.29, 1.82) is 0 Å². The zero-order chi connectivity index (χ0) is 15.6. The summed E-state index contributed by atoms with van der Waals surface area (Å²) in [5.74, 6) is 0.571. The number of hydrogen-bond donors (Lipinski definition) is 1. The molecule has 1 aliphatic heterocycles. The minimum Gasteiger partial charge on any atom is -0.339 e. The molecule has 0 radical (unpaired) electrons. The molecule has 1 fully saturated rings. The van der Waals surface area contributed by atoms with Crippen molar-refractivity contribution in [2.75, 3.05) is 5.75 Å². The maximum Gasteiger partial charge on any atom is 0.231 e. The van der Waals surface area contributed by atoms with Gasteiger partial charge in [-0.25, -0.2) is 4.68 Å². The van der Waals surface area contributed by atoms with Crippen LogP contribution in [0.5, 0.6) is 0 Å². The highest BCUT2D eigenvalue weighted by Gasteiger charge is 2.27. The molecule has 0 spiro atoms. The van der Waals surface area contributed by atoms with Crippen molar-refractivity contribution >= 4 is 17.7 Å². The number of rotatable bonds is 3. The van der Waals surface area contributed by atoms with Gasteiger partial charge in [-0.15, -0.1) is 11.8 Å². The third kappa shape index (κ3) is 2.75. The van der Waals surface area contributed by atoms with Crippen LogP contribution in [0.15, 0.2) is 66.9 Å². The highest BCUT2D eigenvalue weighted by Crippen LogP contribution is 2.36. The smallest absolute Gasteiger partial charge is 0.231 e. The van der Waals surface area contributed by atoms with Gasteiger partial charge in [0.15, 0.2) is 0 Å². The molecule has 0 bridgehead atoms. The maximum atomic E-state index is 11.6. The van der Waals surface area contributed by atoms with Crippen LogP contribution in [0.1, 0.15) is 10.9 Å². The summed E-state index contributed by atoms with van der Waals surface area (Å²) in [6, 6.07) is 20.1. The molecule has 0 saturated carbocycles. The highest BCUT2D eigenvalue weighted by molar-refractivity contribution is 8.00. The predicted octanol–water partition coefficient (Wildman–Crippen LogP) is 3.40. The van der Waals surface area contributed by atoms with Crippen molar-refractivity contribution in [3.63, 3.8) is 0 Å². The third-order valence-corrected chi connectivity index (χ3v) is 4.90. The fraction of sp³-hybridized carbons (Fsp3) is 0.111. The summed E-state index contributed by atoms with van der Waals surface area (Å²) in [4.78, 5) is 11.6. The largest absolute Gasteiger partial charge is 0.339 e. The molecule has 0 unspecified atom stereocenters. The van der Waals surface area contributed by atoms with Gasteiger partial charge < -0.3 is 5.32 Å². The Morgan fingerprint density at radius 1 is 1.04 bits per heavy atom. The molecule has 1 N–H and O–H groups in total. The van der Waals surface area contributed by atoms with E-state index in [1.165, 1.54) is 0 Å². The summed E-state index contributed by atoms with van der Waals surface area (Å²) in [6.07, 6.45) is 2.01. The SMILES string of the molecule is O=C1CS[C@@H](c2cn(-c3ccccc3)nc2-c2ccccc2)N1. The van der Waals surface area contributed by atoms with Crippen LogP contribution < -0.4 is 5.32 Å². The molecule has 114 valence electrons. The number of nitrogens with zero attached hydrogens (tertiary/aromatic N) is 2. The van der Waals surface area contributed by atoms with Gasteiger partial charge in [-0.1, -0.05) is 48.5 Å². The van der Waals surface area contributed by atoms with Gasteiger partial charge >= 0.3 is 0 Å². The van der Waals surface area contributed by atoms with Crippen LogP contribution in [0.25, 0.3) is 16.9 Å². The quantitative estimate of drug-likeness (QED) is 0.804. The van der Waals surface area contributed by atoms with Gasteiger partial charge in [0.25, 0.3) is 0 Å². The first kappa shape index (κ1) is 14.1. The Labute approximate surface area is 138 Å². The van der Waals surface area contributed by atoms with E-state index in [-0.39, 0.29) is 11.3 Å². The molecule has 2 heterocycles. The Balaban J connectivity index is 1.82. The summed E-state index contributed by atoms with van der Waals surface area (Å²) < 4.78 is 1.88. The number of aromatic nitrogens is 2. The van der Waals surface area contributed by atoms with Crippen LogP contribution >= 0.6 is 11.8 Å². The third-order valence-electron chi connectivity index (χ3n) is 3.77. The zero-order valence-corrected chi connectivity index (χ0v) is 13.2. The van der Waals surface area contributed by atoms with Crippen molar-refractivity contribution in [2.45, 2.75) is 5.37 Å². The number of hydrogen-bond acceptors (Lipinski definition) is 3. The summed E-state index contributed by atoms with van der Waals surface area (Å²) in [6.45, 7) is 0. The van der Waals surface area contributed by atoms with Crippen molar-refractivity contribution in [1.82, 2.24) is 15.1 Å². The standard InChI is InChI=1S/C18H15N3OS/c22-16-12-23-18(19-16)15-11-21(14-9-5-2-6-10-14)20-17(15)13-7-3-1-4-8-13/h1-11,18H,12H2,(H,19,22)/t18-/m0/s1. The molecule has 1 aromatic heterocycles. The van der Waals surface area contributed by atoms with Crippen LogP contribution in [-0.2, 0) is 4.79 Å². The van der Waals surface area contributed by atoms with E-state index in [2.05, 4.69) is 5.32 Å². The minimum absolute atomic E-state index is 0.0461. The van der Waals surface area contributed by atoms with Gasteiger partial charge in [0, 0.05) is 17.3 Å². The molecule has 1 amide bonds. The van der Waals surface area contributed by atoms with Crippen LogP contribution in [0.2, 0.25) is 0 Å². The van der Waals surface area contributed by atoms with Crippen molar-refractivity contribution in [3.05, 3.63) is 72.4 Å². The molecule has 3 aromatic rings. The van der Waals surface area contributed by atoms with Gasteiger partial charge in [-0.2, -0.15) is 5.10 Å². The number of amides is 1. The van der Waals surface area contributed by atoms with E-state index in [0.29, 0.717) is 5.75 Å². The van der Waals surface area contributed by atoms with Crippen LogP contribution in [-0.4, -0.2) is 21.4 Å². The van der Waals surface area contributed by atoms with Crippen LogP contribution in [0, 0.1) is 0 Å². The lowest BCUT2D eigenvalue weighted by Crippen LogP contribution is -2.19. The normalized spacial score (nSPS) is 17.2. The molecule has 4 nitrogen and oxygen atoms in total. The predicted molar refractivity (Wildman–Crippen MR) is 92.3 cm³/mol. The molecule has 1 aliphatic rings. The van der Waals surface area contributed by atoms with Crippen LogP contribution in [0.4, 0.5) is 0 Å². The number of carbonyl (C=O) groups excluding carboxylic acids is 1. The molecular weight excluding hydrogens is 306 g/mol. The second kappa shape index (κ2) is 5.93. The number of para-hydroxylation sites is 1. The lowest BCUT2D eigenvalue weighted by atomic mass is 10.1. The van der Waals surface area contributed by atoms with Crippen molar-refractivity contribution in [2.24, 2.45) is 0 Å². The average molecular weight is 321 g/mol. The molecule has 0 aliphatic carbocycles. The summed E-state index contributed by atoms with van der Waals surface area (Å²) in [5, 5.41) is 7.74. The number of thioether (sulfide) groups is 1. The van der Waals surface area contributed by atoms with E-state index >= 15 is 0 Å². The molecule has 23 heavy (non-hydrogen) atoms. The molecule has 2 aromatic carbocycles. The first-order chi connectivity index (χ1) is 11.3. The summed E-state index contributed by atoms with van der Waals surface area (Å²) in [5.41, 5.74) is 4.01. The fourth-order valence-corrected chi connectivity index (χ4v) is 3.64. The van der Waals surface area contributed by atoms with Crippen LogP contribution in [0.3, 0.4) is 0 Å². The minimum atomic E-state index is -0.0461. The van der Waals surface area contributed by atoms with E-state index in [1.807, 2.05) is 71.5 Å². The van der Waals surface area contributed by atoms with E-state index in [4.69, 9.17) is 5.10 Å². The first-order valence-electron chi connectivity index (χ1n) is 7.42. The zero-order valence-electron chi connectivity index (χ0n) is 12.3. The molecular formula is C18H15N3OS. The molecule has 5 heteroatoms. The van der Waals surface area contributed by atoms with Crippen molar-refractivity contribution < 1.29 is 4.79 Å².